The zero-order valence-electron chi connectivity index (χ0n) is 25.4. The van der Waals surface area contributed by atoms with E-state index in [2.05, 4.69) is 70.1 Å². The number of nitrogens with zero attached hydrogens (tertiary/aromatic N) is 5. The van der Waals surface area contributed by atoms with E-state index in [0.717, 1.165) is 55.2 Å². The van der Waals surface area contributed by atoms with E-state index in [1.165, 1.54) is 75.6 Å². The second-order valence-corrected chi connectivity index (χ2v) is 14.6. The van der Waals surface area contributed by atoms with Crippen molar-refractivity contribution in [2.75, 3.05) is 31.6 Å². The molecule has 1 aromatic carbocycles. The molecule has 7 nitrogen and oxygen atoms in total. The Morgan fingerprint density at radius 3 is 2.29 bits per heavy atom. The molecule has 1 amide bonds. The van der Waals surface area contributed by atoms with Gasteiger partial charge in [-0.2, -0.15) is 5.10 Å². The number of amides is 1. The Bertz CT molecular complexity index is 1450. The molecule has 6 fully saturated rings. The van der Waals surface area contributed by atoms with E-state index in [4.69, 9.17) is 9.62 Å². The van der Waals surface area contributed by atoms with E-state index in [1.54, 1.807) is 0 Å². The Hall–Kier alpha value is -2.93. The monoisotopic (exact) mass is 567 g/mol. The SMILES string of the molecule is CN1CCC(C(=O)N(CC23CCC(c4cc(C5CC5)nn4C)(CC2)CC3)c2cccc(-c3cc(C4CC4)no3)c2)CC1. The minimum atomic E-state index is 0.0922. The summed E-state index contributed by atoms with van der Waals surface area (Å²) in [5.41, 5.74) is 6.31. The lowest BCUT2D eigenvalue weighted by Crippen LogP contribution is -2.52. The van der Waals surface area contributed by atoms with Gasteiger partial charge in [0.1, 0.15) is 0 Å². The van der Waals surface area contributed by atoms with Crippen LogP contribution >= 0.6 is 0 Å². The third-order valence-electron chi connectivity index (χ3n) is 11.6. The maximum absolute atomic E-state index is 14.4. The first-order valence-corrected chi connectivity index (χ1v) is 16.5. The molecule has 0 radical (unpaired) electrons. The summed E-state index contributed by atoms with van der Waals surface area (Å²) in [4.78, 5) is 18.9. The van der Waals surface area contributed by atoms with Gasteiger partial charge < -0.3 is 14.3 Å². The summed E-state index contributed by atoms with van der Waals surface area (Å²) in [7, 11) is 4.32. The molecule has 222 valence electrons. The van der Waals surface area contributed by atoms with Crippen LogP contribution in [0.3, 0.4) is 0 Å². The van der Waals surface area contributed by atoms with Crippen molar-refractivity contribution >= 4 is 11.6 Å². The third kappa shape index (κ3) is 4.82. The van der Waals surface area contributed by atoms with Crippen molar-refractivity contribution in [3.05, 3.63) is 53.5 Å². The van der Waals surface area contributed by atoms with Gasteiger partial charge in [-0.05, 0) is 121 Å². The van der Waals surface area contributed by atoms with Gasteiger partial charge in [-0.1, -0.05) is 17.3 Å². The van der Waals surface area contributed by atoms with Crippen LogP contribution in [0.1, 0.15) is 106 Å². The zero-order valence-corrected chi connectivity index (χ0v) is 25.4. The molecule has 5 saturated carbocycles. The molecule has 0 unspecified atom stereocenters. The van der Waals surface area contributed by atoms with Gasteiger partial charge in [0.05, 0.1) is 11.4 Å². The smallest absolute Gasteiger partial charge is 0.230 e. The van der Waals surface area contributed by atoms with Crippen molar-refractivity contribution in [3.8, 4) is 11.3 Å². The van der Waals surface area contributed by atoms with Crippen LogP contribution in [0.15, 0.2) is 40.9 Å². The molecule has 0 spiro atoms. The molecule has 3 aromatic rings. The first-order chi connectivity index (χ1) is 20.4. The quantitative estimate of drug-likeness (QED) is 0.300. The molecular formula is C35H45N5O2. The van der Waals surface area contributed by atoms with E-state index in [1.807, 2.05) is 0 Å². The van der Waals surface area contributed by atoms with Gasteiger partial charge in [-0.25, -0.2) is 0 Å². The number of benzene rings is 1. The van der Waals surface area contributed by atoms with Crippen molar-refractivity contribution in [1.29, 1.82) is 0 Å². The number of hydrogen-bond acceptors (Lipinski definition) is 5. The minimum absolute atomic E-state index is 0.0922. The fourth-order valence-electron chi connectivity index (χ4n) is 8.38. The van der Waals surface area contributed by atoms with Crippen molar-refractivity contribution in [2.45, 2.75) is 94.3 Å². The normalized spacial score (nSPS) is 28.3. The molecule has 9 rings (SSSR count). The topological polar surface area (TPSA) is 67.4 Å². The van der Waals surface area contributed by atoms with Crippen LogP contribution in [0.4, 0.5) is 5.69 Å². The Kier molecular flexibility index (Phi) is 6.40. The highest BCUT2D eigenvalue weighted by molar-refractivity contribution is 5.95. The number of aryl methyl sites for hydroxylation is 1. The van der Waals surface area contributed by atoms with Gasteiger partial charge in [0, 0.05) is 59.8 Å². The van der Waals surface area contributed by atoms with E-state index < -0.39 is 0 Å². The Labute approximate surface area is 249 Å². The lowest BCUT2D eigenvalue weighted by Gasteiger charge is -2.54. The highest BCUT2D eigenvalue weighted by Crippen LogP contribution is 2.58. The van der Waals surface area contributed by atoms with E-state index >= 15 is 0 Å². The highest BCUT2D eigenvalue weighted by Gasteiger charge is 2.52. The lowest BCUT2D eigenvalue weighted by atomic mass is 9.52. The number of carbonyl (C=O) groups excluding carboxylic acids is 1. The van der Waals surface area contributed by atoms with Gasteiger partial charge in [0.2, 0.25) is 5.91 Å². The van der Waals surface area contributed by atoms with Crippen molar-refractivity contribution < 1.29 is 9.32 Å². The number of fused-ring (bicyclic) bond motifs is 3. The number of rotatable bonds is 8. The fourth-order valence-corrected chi connectivity index (χ4v) is 8.38. The molecular weight excluding hydrogens is 522 g/mol. The van der Waals surface area contributed by atoms with Crippen LogP contribution in [0.5, 0.6) is 0 Å². The summed E-state index contributed by atoms with van der Waals surface area (Å²) >= 11 is 0. The van der Waals surface area contributed by atoms with E-state index in [0.29, 0.717) is 17.7 Å². The van der Waals surface area contributed by atoms with Gasteiger partial charge >= 0.3 is 0 Å². The van der Waals surface area contributed by atoms with Crippen LogP contribution in [0.25, 0.3) is 11.3 Å². The first kappa shape index (κ1) is 26.7. The largest absolute Gasteiger partial charge is 0.356 e. The summed E-state index contributed by atoms with van der Waals surface area (Å²) in [6.07, 6.45) is 14.0. The maximum atomic E-state index is 14.4. The van der Waals surface area contributed by atoms with Crippen LogP contribution < -0.4 is 4.90 Å². The van der Waals surface area contributed by atoms with E-state index in [-0.39, 0.29) is 16.7 Å². The lowest BCUT2D eigenvalue weighted by molar-refractivity contribution is -0.124. The van der Waals surface area contributed by atoms with Crippen LogP contribution in [-0.4, -0.2) is 52.4 Å². The molecule has 0 N–H and O–H groups in total. The standard InChI is InChI=1S/C35H45N5O2/c1-38-18-10-26(11-19-38)33(41)40(28-5-3-4-27(20-28)31-21-30(37-42-31)25-8-9-25)23-34-12-15-35(16-13-34,17-14-34)32-22-29(24-6-7-24)36-39(32)2/h3-5,20-22,24-26H,6-19,23H2,1-2H3. The third-order valence-corrected chi connectivity index (χ3v) is 11.6. The second-order valence-electron chi connectivity index (χ2n) is 14.6. The molecule has 2 aromatic heterocycles. The molecule has 1 saturated heterocycles. The molecule has 42 heavy (non-hydrogen) atoms. The van der Waals surface area contributed by atoms with Gasteiger partial charge in [0.15, 0.2) is 5.76 Å². The van der Waals surface area contributed by atoms with Crippen molar-refractivity contribution in [1.82, 2.24) is 19.8 Å². The first-order valence-electron chi connectivity index (χ1n) is 16.5. The fraction of sp³-hybridized carbons (Fsp3) is 0.629. The molecule has 3 heterocycles. The predicted molar refractivity (Wildman–Crippen MR) is 163 cm³/mol. The van der Waals surface area contributed by atoms with Crippen LogP contribution in [0.2, 0.25) is 0 Å². The predicted octanol–water partition coefficient (Wildman–Crippen LogP) is 6.80. The number of piperidine rings is 1. The summed E-state index contributed by atoms with van der Waals surface area (Å²) in [5, 5.41) is 9.29. The molecule has 6 aliphatic rings. The molecule has 5 aliphatic carbocycles. The summed E-state index contributed by atoms with van der Waals surface area (Å²) in [6, 6.07) is 13.0. The number of hydrogen-bond donors (Lipinski definition) is 0. The number of aromatic nitrogens is 3. The maximum Gasteiger partial charge on any atom is 0.230 e. The van der Waals surface area contributed by atoms with Gasteiger partial charge in [0.25, 0.3) is 0 Å². The number of carbonyl (C=O) groups is 1. The second kappa shape index (κ2) is 10.1. The summed E-state index contributed by atoms with van der Waals surface area (Å²) in [6.45, 7) is 2.81. The number of likely N-dealkylation sites (tertiary alicyclic amines) is 1. The molecule has 0 atom stereocenters. The van der Waals surface area contributed by atoms with Gasteiger partial charge in [-0.3, -0.25) is 9.48 Å². The Morgan fingerprint density at radius 1 is 0.905 bits per heavy atom. The van der Waals surface area contributed by atoms with Crippen molar-refractivity contribution in [3.63, 3.8) is 0 Å². The van der Waals surface area contributed by atoms with E-state index in [9.17, 15) is 4.79 Å². The molecule has 7 heteroatoms. The minimum Gasteiger partial charge on any atom is -0.356 e. The molecule has 1 aliphatic heterocycles. The summed E-state index contributed by atoms with van der Waals surface area (Å²) < 4.78 is 7.99. The van der Waals surface area contributed by atoms with Crippen molar-refractivity contribution in [2.24, 2.45) is 18.4 Å². The average Bonchev–Trinajstić information content (AvgIpc) is 3.97. The Morgan fingerprint density at radius 2 is 1.60 bits per heavy atom. The van der Waals surface area contributed by atoms with Crippen LogP contribution in [-0.2, 0) is 17.3 Å². The average molecular weight is 568 g/mol. The van der Waals surface area contributed by atoms with Crippen LogP contribution in [0, 0.1) is 11.3 Å². The number of anilines is 1. The highest BCUT2D eigenvalue weighted by atomic mass is 16.5. The zero-order chi connectivity index (χ0) is 28.5. The summed E-state index contributed by atoms with van der Waals surface area (Å²) in [5.74, 6) is 2.47. The Balaban J connectivity index is 1.06. The van der Waals surface area contributed by atoms with Gasteiger partial charge in [-0.15, -0.1) is 0 Å². The molecule has 2 bridgehead atoms.